The van der Waals surface area contributed by atoms with Crippen molar-refractivity contribution in [2.45, 2.75) is 17.4 Å². The maximum Gasteiger partial charge on any atom is 0.269 e. The number of hydrogen-bond acceptors (Lipinski definition) is 7. The van der Waals surface area contributed by atoms with Gasteiger partial charge in [0, 0.05) is 67.2 Å². The molecule has 1 fully saturated rings. The number of fused-ring (bicyclic) bond motifs is 1. The number of sulfonamides is 1. The zero-order valence-corrected chi connectivity index (χ0v) is 21.8. The van der Waals surface area contributed by atoms with Crippen LogP contribution in [0, 0.1) is 10.1 Å². The first kappa shape index (κ1) is 26.3. The second-order valence-corrected chi connectivity index (χ2v) is 11.0. The molecule has 0 aliphatic carbocycles. The minimum Gasteiger partial charge on any atom is -0.368 e. The van der Waals surface area contributed by atoms with E-state index in [0.717, 1.165) is 5.69 Å². The van der Waals surface area contributed by atoms with Crippen molar-refractivity contribution < 1.29 is 18.1 Å². The van der Waals surface area contributed by atoms with Crippen LogP contribution in [-0.2, 0) is 21.2 Å². The molecule has 4 aromatic rings. The van der Waals surface area contributed by atoms with Gasteiger partial charge in [0.25, 0.3) is 5.69 Å². The van der Waals surface area contributed by atoms with Gasteiger partial charge in [-0.1, -0.05) is 42.5 Å². The highest BCUT2D eigenvalue weighted by atomic mass is 32.2. The summed E-state index contributed by atoms with van der Waals surface area (Å²) in [7, 11) is -4.11. The lowest BCUT2D eigenvalue weighted by atomic mass is 10.0. The van der Waals surface area contributed by atoms with Crippen molar-refractivity contribution in [2.24, 2.45) is 0 Å². The Morgan fingerprint density at radius 1 is 0.949 bits per heavy atom. The Morgan fingerprint density at radius 2 is 1.67 bits per heavy atom. The number of piperazine rings is 1. The summed E-state index contributed by atoms with van der Waals surface area (Å²) >= 11 is 0. The number of nitrogens with one attached hydrogen (secondary N) is 1. The molecule has 39 heavy (non-hydrogen) atoms. The summed E-state index contributed by atoms with van der Waals surface area (Å²) in [5.41, 5.74) is 1.59. The van der Waals surface area contributed by atoms with Crippen molar-refractivity contribution in [3.05, 3.63) is 107 Å². The molecule has 1 amide bonds. The maximum absolute atomic E-state index is 13.8. The van der Waals surface area contributed by atoms with Crippen LogP contribution in [0.15, 0.2) is 96.2 Å². The van der Waals surface area contributed by atoms with Gasteiger partial charge >= 0.3 is 0 Å². The van der Waals surface area contributed by atoms with E-state index in [1.807, 2.05) is 30.3 Å². The maximum atomic E-state index is 13.8. The summed E-state index contributed by atoms with van der Waals surface area (Å²) < 4.78 is 29.9. The standard InChI is InChI=1S/C28H27N5O5S/c34-28(32-17-15-31(16-18-32)23-6-2-1-3-7-23)26(19-21-9-11-24(12-10-21)33(35)36)30-39(37,38)27-8-4-5-22-20-29-14-13-25(22)27/h1-14,20,26,30H,15-19H2/t26-/m0/s1. The van der Waals surface area contributed by atoms with Gasteiger partial charge in [-0.3, -0.25) is 19.9 Å². The number of anilines is 1. The summed E-state index contributed by atoms with van der Waals surface area (Å²) in [5, 5.41) is 12.2. The highest BCUT2D eigenvalue weighted by Crippen LogP contribution is 2.23. The van der Waals surface area contributed by atoms with Crippen LogP contribution >= 0.6 is 0 Å². The van der Waals surface area contributed by atoms with E-state index in [2.05, 4.69) is 14.6 Å². The molecule has 2 heterocycles. The fraction of sp³-hybridized carbons (Fsp3) is 0.214. The Kier molecular flexibility index (Phi) is 7.53. The van der Waals surface area contributed by atoms with E-state index in [4.69, 9.17) is 0 Å². The molecular weight excluding hydrogens is 518 g/mol. The van der Waals surface area contributed by atoms with Crippen LogP contribution in [0.2, 0.25) is 0 Å². The molecule has 0 spiro atoms. The third-order valence-electron chi connectivity index (χ3n) is 6.83. The summed E-state index contributed by atoms with van der Waals surface area (Å²) in [5.74, 6) is -0.341. The second-order valence-electron chi connectivity index (χ2n) is 9.30. The van der Waals surface area contributed by atoms with Crippen molar-refractivity contribution in [2.75, 3.05) is 31.1 Å². The number of benzene rings is 3. The van der Waals surface area contributed by atoms with Crippen molar-refractivity contribution >= 4 is 38.1 Å². The molecule has 200 valence electrons. The van der Waals surface area contributed by atoms with Crippen LogP contribution in [0.1, 0.15) is 5.56 Å². The molecular formula is C28H27N5O5S. The summed E-state index contributed by atoms with van der Waals surface area (Å²) in [6, 6.07) is 21.1. The monoisotopic (exact) mass is 545 g/mol. The minimum atomic E-state index is -4.11. The van der Waals surface area contributed by atoms with Gasteiger partial charge < -0.3 is 9.80 Å². The second kappa shape index (κ2) is 11.2. The molecule has 3 aromatic carbocycles. The lowest BCUT2D eigenvalue weighted by molar-refractivity contribution is -0.384. The smallest absolute Gasteiger partial charge is 0.269 e. The molecule has 1 aliphatic heterocycles. The molecule has 1 atom stereocenters. The highest BCUT2D eigenvalue weighted by molar-refractivity contribution is 7.89. The van der Waals surface area contributed by atoms with E-state index in [-0.39, 0.29) is 22.9 Å². The number of para-hydroxylation sites is 1. The van der Waals surface area contributed by atoms with Crippen LogP contribution in [0.5, 0.6) is 0 Å². The van der Waals surface area contributed by atoms with Gasteiger partial charge in [-0.15, -0.1) is 0 Å². The normalized spacial score (nSPS) is 14.8. The molecule has 0 saturated carbocycles. The van der Waals surface area contributed by atoms with Crippen LogP contribution in [0.25, 0.3) is 10.8 Å². The number of rotatable bonds is 8. The third-order valence-corrected chi connectivity index (χ3v) is 8.36. The number of carbonyl (C=O) groups excluding carboxylic acids is 1. The van der Waals surface area contributed by atoms with Gasteiger partial charge in [-0.2, -0.15) is 4.72 Å². The highest BCUT2D eigenvalue weighted by Gasteiger charge is 2.32. The van der Waals surface area contributed by atoms with Crippen LogP contribution in [0.3, 0.4) is 0 Å². The predicted octanol–water partition coefficient (Wildman–Crippen LogP) is 3.38. The Hall–Kier alpha value is -4.35. The molecule has 0 unspecified atom stereocenters. The van der Waals surface area contributed by atoms with Gasteiger partial charge in [0.05, 0.1) is 9.82 Å². The Labute approximate surface area is 226 Å². The first-order valence-corrected chi connectivity index (χ1v) is 14.0. The molecule has 1 aromatic heterocycles. The molecule has 0 bridgehead atoms. The first-order chi connectivity index (χ1) is 18.8. The zero-order chi connectivity index (χ0) is 27.4. The topological polar surface area (TPSA) is 126 Å². The van der Waals surface area contributed by atoms with Crippen molar-refractivity contribution in [3.8, 4) is 0 Å². The van der Waals surface area contributed by atoms with Gasteiger partial charge in [-0.05, 0) is 36.2 Å². The number of nitro benzene ring substituents is 1. The number of pyridine rings is 1. The third kappa shape index (κ3) is 5.89. The average molecular weight is 546 g/mol. The van der Waals surface area contributed by atoms with Gasteiger partial charge in [-0.25, -0.2) is 8.42 Å². The van der Waals surface area contributed by atoms with E-state index in [1.54, 1.807) is 41.4 Å². The van der Waals surface area contributed by atoms with Crippen molar-refractivity contribution in [1.82, 2.24) is 14.6 Å². The van der Waals surface area contributed by atoms with Gasteiger partial charge in [0.15, 0.2) is 0 Å². The van der Waals surface area contributed by atoms with E-state index in [0.29, 0.717) is 42.5 Å². The largest absolute Gasteiger partial charge is 0.368 e. The van der Waals surface area contributed by atoms with Crippen molar-refractivity contribution in [3.63, 3.8) is 0 Å². The van der Waals surface area contributed by atoms with Crippen molar-refractivity contribution in [1.29, 1.82) is 0 Å². The number of carbonyl (C=O) groups is 1. The minimum absolute atomic E-state index is 0.0429. The average Bonchev–Trinajstić information content (AvgIpc) is 2.97. The van der Waals surface area contributed by atoms with E-state index < -0.39 is 21.0 Å². The number of amides is 1. The van der Waals surface area contributed by atoms with Gasteiger partial charge in [0.1, 0.15) is 6.04 Å². The summed E-state index contributed by atoms with van der Waals surface area (Å²) in [6.45, 7) is 2.10. The number of non-ortho nitro benzene ring substituents is 1. The number of nitro groups is 1. The lowest BCUT2D eigenvalue weighted by Crippen LogP contribution is -2.55. The predicted molar refractivity (Wildman–Crippen MR) is 148 cm³/mol. The fourth-order valence-electron chi connectivity index (χ4n) is 4.79. The molecule has 1 N–H and O–H groups in total. The number of aromatic nitrogens is 1. The fourth-order valence-corrected chi connectivity index (χ4v) is 6.21. The summed E-state index contributed by atoms with van der Waals surface area (Å²) in [4.78, 5) is 32.3. The van der Waals surface area contributed by atoms with Crippen LogP contribution in [0.4, 0.5) is 11.4 Å². The number of hydrogen-bond donors (Lipinski definition) is 1. The van der Waals surface area contributed by atoms with E-state index >= 15 is 0 Å². The molecule has 1 aliphatic rings. The molecule has 1 saturated heterocycles. The Bertz CT molecular complexity index is 1580. The zero-order valence-electron chi connectivity index (χ0n) is 21.0. The quantitative estimate of drug-likeness (QED) is 0.266. The lowest BCUT2D eigenvalue weighted by Gasteiger charge is -2.37. The van der Waals surface area contributed by atoms with E-state index in [1.165, 1.54) is 24.4 Å². The molecule has 10 nitrogen and oxygen atoms in total. The Morgan fingerprint density at radius 3 is 2.36 bits per heavy atom. The SMILES string of the molecule is O=C([C@H](Cc1ccc([N+](=O)[O-])cc1)NS(=O)(=O)c1cccc2cnccc12)N1CCN(c2ccccc2)CC1. The number of nitrogens with zero attached hydrogens (tertiary/aromatic N) is 4. The molecule has 0 radical (unpaired) electrons. The molecule has 5 rings (SSSR count). The van der Waals surface area contributed by atoms with Gasteiger partial charge in [0.2, 0.25) is 15.9 Å². The van der Waals surface area contributed by atoms with Crippen LogP contribution in [-0.4, -0.2) is 61.4 Å². The van der Waals surface area contributed by atoms with Crippen LogP contribution < -0.4 is 9.62 Å². The Balaban J connectivity index is 1.40. The first-order valence-electron chi connectivity index (χ1n) is 12.5. The summed E-state index contributed by atoms with van der Waals surface area (Å²) in [6.07, 6.45) is 3.15. The molecule has 11 heteroatoms. The van der Waals surface area contributed by atoms with E-state index in [9.17, 15) is 23.3 Å².